The van der Waals surface area contributed by atoms with Gasteiger partial charge in [-0.25, -0.2) is 9.59 Å². The number of ether oxygens (including phenoxy) is 3. The van der Waals surface area contributed by atoms with Crippen molar-refractivity contribution in [2.45, 2.75) is 0 Å². The summed E-state index contributed by atoms with van der Waals surface area (Å²) in [5.41, 5.74) is 0.738. The molecule has 0 bridgehead atoms. The Morgan fingerprint density at radius 1 is 1.12 bits per heavy atom. The summed E-state index contributed by atoms with van der Waals surface area (Å²) in [6.07, 6.45) is 1.36. The molecule has 2 rings (SSSR count). The molecule has 0 saturated heterocycles. The van der Waals surface area contributed by atoms with Gasteiger partial charge in [0.05, 0.1) is 19.8 Å². The second kappa shape index (κ2) is 8.83. The van der Waals surface area contributed by atoms with Crippen LogP contribution in [-0.4, -0.2) is 26.2 Å². The molecule has 0 aliphatic rings. The van der Waals surface area contributed by atoms with E-state index in [2.05, 4.69) is 20.7 Å². The van der Waals surface area contributed by atoms with Crippen LogP contribution in [0.3, 0.4) is 0 Å². The van der Waals surface area contributed by atoms with Crippen LogP contribution in [0.5, 0.6) is 11.5 Å². The standard InChI is InChI=1S/C19H14BrNO5/c1-24-17-9-12(8-14(11-21)18(22)25-2)6-7-16(17)26-19(23)13-4-3-5-15(20)10-13/h3-10H,1-2H3/b14-8+. The summed E-state index contributed by atoms with van der Waals surface area (Å²) >= 11 is 3.30. The fraction of sp³-hybridized carbons (Fsp3) is 0.105. The largest absolute Gasteiger partial charge is 0.493 e. The molecule has 7 heteroatoms. The SMILES string of the molecule is COC(=O)/C(C#N)=C/c1ccc(OC(=O)c2cccc(Br)c2)c(OC)c1. The van der Waals surface area contributed by atoms with E-state index in [0.29, 0.717) is 11.1 Å². The number of carbonyl (C=O) groups excluding carboxylic acids is 2. The number of halogens is 1. The molecule has 2 aromatic carbocycles. The van der Waals surface area contributed by atoms with Crippen molar-refractivity contribution in [2.24, 2.45) is 0 Å². The Bertz CT molecular complexity index is 914. The van der Waals surface area contributed by atoms with Gasteiger partial charge in [0.15, 0.2) is 11.5 Å². The van der Waals surface area contributed by atoms with Crippen molar-refractivity contribution >= 4 is 33.9 Å². The van der Waals surface area contributed by atoms with Crippen LogP contribution in [0, 0.1) is 11.3 Å². The molecule has 0 spiro atoms. The Balaban J connectivity index is 2.29. The van der Waals surface area contributed by atoms with Gasteiger partial charge >= 0.3 is 11.9 Å². The van der Waals surface area contributed by atoms with E-state index >= 15 is 0 Å². The molecule has 0 aromatic heterocycles. The maximum atomic E-state index is 12.3. The lowest BCUT2D eigenvalue weighted by Crippen LogP contribution is -2.09. The van der Waals surface area contributed by atoms with E-state index in [-0.39, 0.29) is 17.1 Å². The van der Waals surface area contributed by atoms with Crippen LogP contribution in [0.15, 0.2) is 52.5 Å². The number of methoxy groups -OCH3 is 2. The number of hydrogen-bond donors (Lipinski definition) is 0. The first-order chi connectivity index (χ1) is 12.5. The molecule has 132 valence electrons. The molecule has 0 aliphatic heterocycles. The number of nitriles is 1. The first-order valence-electron chi connectivity index (χ1n) is 7.34. The second-order valence-electron chi connectivity index (χ2n) is 4.97. The molecule has 0 atom stereocenters. The maximum absolute atomic E-state index is 12.3. The van der Waals surface area contributed by atoms with Gasteiger partial charge in [0.2, 0.25) is 0 Å². The van der Waals surface area contributed by atoms with Crippen LogP contribution < -0.4 is 9.47 Å². The van der Waals surface area contributed by atoms with Crippen LogP contribution in [0.25, 0.3) is 6.08 Å². The minimum atomic E-state index is -0.739. The van der Waals surface area contributed by atoms with Crippen molar-refractivity contribution in [3.8, 4) is 17.6 Å². The molecule has 2 aromatic rings. The highest BCUT2D eigenvalue weighted by atomic mass is 79.9. The average Bonchev–Trinajstić information content (AvgIpc) is 2.66. The van der Waals surface area contributed by atoms with E-state index in [1.807, 2.05) is 0 Å². The zero-order chi connectivity index (χ0) is 19.1. The van der Waals surface area contributed by atoms with Crippen LogP contribution in [0.2, 0.25) is 0 Å². The molecular weight excluding hydrogens is 402 g/mol. The molecule has 0 N–H and O–H groups in total. The summed E-state index contributed by atoms with van der Waals surface area (Å²) < 4.78 is 15.9. The van der Waals surface area contributed by atoms with Crippen molar-refractivity contribution in [1.82, 2.24) is 0 Å². The summed E-state index contributed by atoms with van der Waals surface area (Å²) in [5, 5.41) is 9.01. The molecule has 6 nitrogen and oxygen atoms in total. The summed E-state index contributed by atoms with van der Waals surface area (Å²) in [6, 6.07) is 13.2. The third kappa shape index (κ3) is 4.71. The third-order valence-electron chi connectivity index (χ3n) is 3.29. The normalized spacial score (nSPS) is 10.6. The molecule has 26 heavy (non-hydrogen) atoms. The molecule has 0 saturated carbocycles. The summed E-state index contributed by atoms with van der Waals surface area (Å²) in [5.74, 6) is -0.785. The van der Waals surface area contributed by atoms with Gasteiger partial charge < -0.3 is 14.2 Å². The van der Waals surface area contributed by atoms with E-state index < -0.39 is 11.9 Å². The minimum absolute atomic E-state index is 0.159. The van der Waals surface area contributed by atoms with Crippen LogP contribution >= 0.6 is 15.9 Å². The Labute approximate surface area is 158 Å². The van der Waals surface area contributed by atoms with Crippen LogP contribution in [0.1, 0.15) is 15.9 Å². The van der Waals surface area contributed by atoms with E-state index in [1.165, 1.54) is 26.4 Å². The summed E-state index contributed by atoms with van der Waals surface area (Å²) in [4.78, 5) is 23.7. The first kappa shape index (κ1) is 19.2. The molecule has 0 aliphatic carbocycles. The van der Waals surface area contributed by atoms with E-state index in [1.54, 1.807) is 42.5 Å². The topological polar surface area (TPSA) is 85.6 Å². The van der Waals surface area contributed by atoms with Gasteiger partial charge in [-0.15, -0.1) is 0 Å². The number of rotatable bonds is 5. The zero-order valence-electron chi connectivity index (χ0n) is 14.0. The highest BCUT2D eigenvalue weighted by Gasteiger charge is 2.14. The van der Waals surface area contributed by atoms with Crippen molar-refractivity contribution in [3.05, 3.63) is 63.6 Å². The average molecular weight is 416 g/mol. The Kier molecular flexibility index (Phi) is 6.53. The summed E-state index contributed by atoms with van der Waals surface area (Å²) in [6.45, 7) is 0. The second-order valence-corrected chi connectivity index (χ2v) is 5.89. The van der Waals surface area contributed by atoms with E-state index in [4.69, 9.17) is 14.7 Å². The summed E-state index contributed by atoms with van der Waals surface area (Å²) in [7, 11) is 2.61. The van der Waals surface area contributed by atoms with Gasteiger partial charge in [0.25, 0.3) is 0 Å². The molecule has 0 heterocycles. The highest BCUT2D eigenvalue weighted by Crippen LogP contribution is 2.30. The molecular formula is C19H14BrNO5. The van der Waals surface area contributed by atoms with Crippen molar-refractivity contribution in [1.29, 1.82) is 5.26 Å². The van der Waals surface area contributed by atoms with Crippen LogP contribution in [0.4, 0.5) is 0 Å². The van der Waals surface area contributed by atoms with Crippen LogP contribution in [-0.2, 0) is 9.53 Å². The maximum Gasteiger partial charge on any atom is 0.348 e. The van der Waals surface area contributed by atoms with Gasteiger partial charge in [-0.1, -0.05) is 28.1 Å². The zero-order valence-corrected chi connectivity index (χ0v) is 15.6. The Hall–Kier alpha value is -3.11. The Morgan fingerprint density at radius 3 is 2.50 bits per heavy atom. The fourth-order valence-electron chi connectivity index (χ4n) is 2.05. The molecule has 0 amide bonds. The lowest BCUT2D eigenvalue weighted by atomic mass is 10.1. The number of esters is 2. The predicted molar refractivity (Wildman–Crippen MR) is 97.7 cm³/mol. The number of nitrogens with zero attached hydrogens (tertiary/aromatic N) is 1. The van der Waals surface area contributed by atoms with Gasteiger partial charge in [-0.3, -0.25) is 0 Å². The lowest BCUT2D eigenvalue weighted by Gasteiger charge is -2.10. The quantitative estimate of drug-likeness (QED) is 0.319. The number of carbonyl (C=O) groups is 2. The van der Waals surface area contributed by atoms with Gasteiger partial charge in [0, 0.05) is 4.47 Å². The monoisotopic (exact) mass is 415 g/mol. The van der Waals surface area contributed by atoms with Gasteiger partial charge in [-0.05, 0) is 42.0 Å². The van der Waals surface area contributed by atoms with E-state index in [9.17, 15) is 9.59 Å². The van der Waals surface area contributed by atoms with Crippen molar-refractivity contribution in [3.63, 3.8) is 0 Å². The van der Waals surface area contributed by atoms with Crippen molar-refractivity contribution < 1.29 is 23.8 Å². The minimum Gasteiger partial charge on any atom is -0.493 e. The smallest absolute Gasteiger partial charge is 0.348 e. The molecule has 0 unspecified atom stereocenters. The lowest BCUT2D eigenvalue weighted by molar-refractivity contribution is -0.135. The number of benzene rings is 2. The van der Waals surface area contributed by atoms with E-state index in [0.717, 1.165) is 4.47 Å². The highest BCUT2D eigenvalue weighted by molar-refractivity contribution is 9.10. The predicted octanol–water partition coefficient (Wildman–Crippen LogP) is 3.76. The molecule has 0 fully saturated rings. The third-order valence-corrected chi connectivity index (χ3v) is 3.78. The fourth-order valence-corrected chi connectivity index (χ4v) is 2.45. The molecule has 0 radical (unpaired) electrons. The van der Waals surface area contributed by atoms with Crippen molar-refractivity contribution in [2.75, 3.05) is 14.2 Å². The van der Waals surface area contributed by atoms with Gasteiger partial charge in [0.1, 0.15) is 11.6 Å². The number of hydrogen-bond acceptors (Lipinski definition) is 6. The van der Waals surface area contributed by atoms with Gasteiger partial charge in [-0.2, -0.15) is 5.26 Å². The Morgan fingerprint density at radius 2 is 1.88 bits per heavy atom. The first-order valence-corrected chi connectivity index (χ1v) is 8.13.